The number of carbonyl (C=O) groups is 1. The number of rotatable bonds is 8. The number of ether oxygens (including phenoxy) is 1. The predicted molar refractivity (Wildman–Crippen MR) is 127 cm³/mol. The van der Waals surface area contributed by atoms with E-state index >= 15 is 0 Å². The standard InChI is InChI=1S/C23H38N4O4S/c1-18(2)22(27-12-14-31-15-13-27)17-24-23(28)20-16-19(32(29,30)25(3)4)8-9-21(20)26-10-6-5-7-11-26/h8-9,16,18,22H,5-7,10-15,17H2,1-4H3,(H,24,28). The zero-order chi connectivity index (χ0) is 23.3. The summed E-state index contributed by atoms with van der Waals surface area (Å²) in [6.45, 7) is 9.72. The van der Waals surface area contributed by atoms with Crippen LogP contribution in [-0.4, -0.2) is 89.6 Å². The molecule has 2 aliphatic heterocycles. The number of nitrogens with zero attached hydrogens (tertiary/aromatic N) is 3. The van der Waals surface area contributed by atoms with Crippen molar-refractivity contribution in [1.82, 2.24) is 14.5 Å². The van der Waals surface area contributed by atoms with Gasteiger partial charge in [-0.2, -0.15) is 0 Å². The van der Waals surface area contributed by atoms with Crippen molar-refractivity contribution in [2.45, 2.75) is 44.0 Å². The number of sulfonamides is 1. The van der Waals surface area contributed by atoms with Crippen molar-refractivity contribution in [1.29, 1.82) is 0 Å². The fraction of sp³-hybridized carbons (Fsp3) is 0.696. The summed E-state index contributed by atoms with van der Waals surface area (Å²) >= 11 is 0. The Morgan fingerprint density at radius 1 is 1.09 bits per heavy atom. The first-order chi connectivity index (χ1) is 15.2. The molecule has 0 radical (unpaired) electrons. The third kappa shape index (κ3) is 5.81. The SMILES string of the molecule is CC(C)C(CNC(=O)c1cc(S(=O)(=O)N(C)C)ccc1N1CCCCC1)N1CCOCC1. The van der Waals surface area contributed by atoms with Crippen molar-refractivity contribution in [3.8, 4) is 0 Å². The van der Waals surface area contributed by atoms with Crippen molar-refractivity contribution in [2.75, 3.05) is 64.9 Å². The molecule has 9 heteroatoms. The number of hydrogen-bond acceptors (Lipinski definition) is 6. The van der Waals surface area contributed by atoms with Crippen LogP contribution in [0.15, 0.2) is 23.1 Å². The number of hydrogen-bond donors (Lipinski definition) is 1. The average Bonchev–Trinajstić information content (AvgIpc) is 2.79. The molecule has 2 fully saturated rings. The van der Waals surface area contributed by atoms with Gasteiger partial charge in [0.05, 0.1) is 23.7 Å². The smallest absolute Gasteiger partial charge is 0.253 e. The molecule has 32 heavy (non-hydrogen) atoms. The second-order valence-corrected chi connectivity index (χ2v) is 11.3. The van der Waals surface area contributed by atoms with E-state index in [0.717, 1.165) is 44.7 Å². The maximum atomic E-state index is 13.4. The van der Waals surface area contributed by atoms with Gasteiger partial charge in [-0.3, -0.25) is 9.69 Å². The largest absolute Gasteiger partial charge is 0.379 e. The topological polar surface area (TPSA) is 82.2 Å². The van der Waals surface area contributed by atoms with Gasteiger partial charge in [0.2, 0.25) is 10.0 Å². The Bertz CT molecular complexity index is 876. The van der Waals surface area contributed by atoms with Crippen LogP contribution >= 0.6 is 0 Å². The van der Waals surface area contributed by atoms with E-state index < -0.39 is 10.0 Å². The molecule has 180 valence electrons. The molecule has 2 heterocycles. The van der Waals surface area contributed by atoms with Crippen LogP contribution in [0.5, 0.6) is 0 Å². The normalized spacial score (nSPS) is 19.4. The van der Waals surface area contributed by atoms with E-state index in [1.54, 1.807) is 12.1 Å². The molecule has 1 aromatic carbocycles. The maximum absolute atomic E-state index is 13.4. The number of piperidine rings is 1. The summed E-state index contributed by atoms with van der Waals surface area (Å²) in [6.07, 6.45) is 3.33. The van der Waals surface area contributed by atoms with Crippen LogP contribution in [0.4, 0.5) is 5.69 Å². The molecule has 8 nitrogen and oxygen atoms in total. The zero-order valence-electron chi connectivity index (χ0n) is 19.8. The lowest BCUT2D eigenvalue weighted by Gasteiger charge is -2.37. The Hall–Kier alpha value is -1.68. The summed E-state index contributed by atoms with van der Waals surface area (Å²) in [5, 5.41) is 3.11. The molecular weight excluding hydrogens is 428 g/mol. The highest BCUT2D eigenvalue weighted by molar-refractivity contribution is 7.89. The highest BCUT2D eigenvalue weighted by Crippen LogP contribution is 2.28. The van der Waals surface area contributed by atoms with Gasteiger partial charge in [0, 0.05) is 58.5 Å². The van der Waals surface area contributed by atoms with Crippen LogP contribution in [0.1, 0.15) is 43.5 Å². The quantitative estimate of drug-likeness (QED) is 0.631. The van der Waals surface area contributed by atoms with E-state index in [2.05, 4.69) is 29.0 Å². The van der Waals surface area contributed by atoms with Gasteiger partial charge in [-0.1, -0.05) is 13.8 Å². The molecule has 1 unspecified atom stereocenters. The monoisotopic (exact) mass is 466 g/mol. The third-order valence-corrected chi connectivity index (χ3v) is 8.26. The van der Waals surface area contributed by atoms with Crippen LogP contribution in [0.3, 0.4) is 0 Å². The highest BCUT2D eigenvalue weighted by Gasteiger charge is 2.27. The van der Waals surface area contributed by atoms with Crippen molar-refractivity contribution in [2.24, 2.45) is 5.92 Å². The van der Waals surface area contributed by atoms with Gasteiger partial charge in [0.15, 0.2) is 0 Å². The predicted octanol–water partition coefficient (Wildman–Crippen LogP) is 2.01. The molecule has 0 aromatic heterocycles. The Balaban J connectivity index is 1.85. The van der Waals surface area contributed by atoms with Crippen LogP contribution in [0.2, 0.25) is 0 Å². The molecule has 1 aromatic rings. The Labute approximate surface area is 192 Å². The number of morpholine rings is 1. The van der Waals surface area contributed by atoms with Gasteiger partial charge in [-0.25, -0.2) is 12.7 Å². The van der Waals surface area contributed by atoms with Gasteiger partial charge in [-0.15, -0.1) is 0 Å². The third-order valence-electron chi connectivity index (χ3n) is 6.44. The summed E-state index contributed by atoms with van der Waals surface area (Å²) in [5.74, 6) is 0.149. The molecule has 1 atom stereocenters. The second-order valence-electron chi connectivity index (χ2n) is 9.18. The Morgan fingerprint density at radius 2 is 1.75 bits per heavy atom. The molecule has 0 bridgehead atoms. The summed E-state index contributed by atoms with van der Waals surface area (Å²) in [6, 6.07) is 5.14. The van der Waals surface area contributed by atoms with E-state index in [0.29, 0.717) is 31.2 Å². The molecular formula is C23H38N4O4S. The van der Waals surface area contributed by atoms with Crippen LogP contribution in [0, 0.1) is 5.92 Å². The van der Waals surface area contributed by atoms with Crippen molar-refractivity contribution >= 4 is 21.6 Å². The van der Waals surface area contributed by atoms with Gasteiger partial charge < -0.3 is 15.0 Å². The molecule has 2 saturated heterocycles. The summed E-state index contributed by atoms with van der Waals surface area (Å²) in [5.41, 5.74) is 1.24. The molecule has 0 saturated carbocycles. The minimum Gasteiger partial charge on any atom is -0.379 e. The first-order valence-corrected chi connectivity index (χ1v) is 13.1. The van der Waals surface area contributed by atoms with Crippen LogP contribution in [0.25, 0.3) is 0 Å². The van der Waals surface area contributed by atoms with E-state index in [-0.39, 0.29) is 16.8 Å². The first-order valence-electron chi connectivity index (χ1n) is 11.6. The Kier molecular flexibility index (Phi) is 8.55. The van der Waals surface area contributed by atoms with Crippen molar-refractivity contribution < 1.29 is 17.9 Å². The van der Waals surface area contributed by atoms with E-state index in [1.807, 2.05) is 0 Å². The molecule has 0 spiro atoms. The van der Waals surface area contributed by atoms with E-state index in [9.17, 15) is 13.2 Å². The number of nitrogens with one attached hydrogen (secondary N) is 1. The summed E-state index contributed by atoms with van der Waals surface area (Å²) < 4.78 is 32.1. The van der Waals surface area contributed by atoms with E-state index in [1.165, 1.54) is 30.9 Å². The van der Waals surface area contributed by atoms with Gasteiger partial charge >= 0.3 is 0 Å². The number of anilines is 1. The maximum Gasteiger partial charge on any atom is 0.253 e. The molecule has 1 amide bonds. The van der Waals surface area contributed by atoms with Crippen molar-refractivity contribution in [3.05, 3.63) is 23.8 Å². The molecule has 1 N–H and O–H groups in total. The minimum absolute atomic E-state index is 0.141. The first kappa shape index (κ1) is 25.0. The Morgan fingerprint density at radius 3 is 2.34 bits per heavy atom. The van der Waals surface area contributed by atoms with Gasteiger partial charge in [0.1, 0.15) is 0 Å². The van der Waals surface area contributed by atoms with Crippen LogP contribution < -0.4 is 10.2 Å². The summed E-state index contributed by atoms with van der Waals surface area (Å²) in [4.78, 5) is 18.1. The lowest BCUT2D eigenvalue weighted by atomic mass is 10.0. The average molecular weight is 467 g/mol. The fourth-order valence-corrected chi connectivity index (χ4v) is 5.40. The zero-order valence-corrected chi connectivity index (χ0v) is 20.7. The lowest BCUT2D eigenvalue weighted by molar-refractivity contribution is 0.00673. The minimum atomic E-state index is -3.63. The number of carbonyl (C=O) groups excluding carboxylic acids is 1. The number of amides is 1. The van der Waals surface area contributed by atoms with Crippen LogP contribution in [-0.2, 0) is 14.8 Å². The molecule has 3 rings (SSSR count). The lowest BCUT2D eigenvalue weighted by Crippen LogP contribution is -2.51. The second kappa shape index (κ2) is 11.0. The fourth-order valence-electron chi connectivity index (χ4n) is 4.47. The van der Waals surface area contributed by atoms with Gasteiger partial charge in [0.25, 0.3) is 5.91 Å². The van der Waals surface area contributed by atoms with Gasteiger partial charge in [-0.05, 0) is 43.4 Å². The summed E-state index contributed by atoms with van der Waals surface area (Å²) in [7, 11) is -0.623. The van der Waals surface area contributed by atoms with Crippen molar-refractivity contribution in [3.63, 3.8) is 0 Å². The molecule has 2 aliphatic rings. The highest BCUT2D eigenvalue weighted by atomic mass is 32.2. The molecule has 0 aliphatic carbocycles. The number of benzene rings is 1. The van der Waals surface area contributed by atoms with E-state index in [4.69, 9.17) is 4.74 Å².